The Kier molecular flexibility index (Phi) is 4.35. The van der Waals surface area contributed by atoms with Crippen molar-refractivity contribution in [3.63, 3.8) is 0 Å². The van der Waals surface area contributed by atoms with Gasteiger partial charge in [0.2, 0.25) is 5.91 Å². The topological polar surface area (TPSA) is 112 Å². The molecular weight excluding hydrogens is 296 g/mol. The SMILES string of the molecule is N#Cc1cc(C(=O)N2CCC([C@@H]3OCC[C@H]3C(N)=O)CC2)c[nH]1. The first-order valence-electron chi connectivity index (χ1n) is 7.89. The number of H-pyrrole nitrogens is 1. The molecule has 2 amide bonds. The summed E-state index contributed by atoms with van der Waals surface area (Å²) in [4.78, 5) is 28.5. The van der Waals surface area contributed by atoms with E-state index >= 15 is 0 Å². The molecule has 2 saturated heterocycles. The molecule has 2 aliphatic rings. The van der Waals surface area contributed by atoms with Crippen LogP contribution in [0.2, 0.25) is 0 Å². The molecule has 23 heavy (non-hydrogen) atoms. The first-order valence-corrected chi connectivity index (χ1v) is 7.89. The molecule has 3 heterocycles. The normalized spacial score (nSPS) is 25.3. The molecule has 0 bridgehead atoms. The molecule has 0 radical (unpaired) electrons. The van der Waals surface area contributed by atoms with Gasteiger partial charge in [-0.15, -0.1) is 0 Å². The zero-order valence-corrected chi connectivity index (χ0v) is 12.8. The molecule has 0 aromatic carbocycles. The summed E-state index contributed by atoms with van der Waals surface area (Å²) >= 11 is 0. The molecule has 0 saturated carbocycles. The van der Waals surface area contributed by atoms with E-state index in [1.54, 1.807) is 17.2 Å². The van der Waals surface area contributed by atoms with Gasteiger partial charge in [-0.3, -0.25) is 9.59 Å². The molecule has 2 fully saturated rings. The first kappa shape index (κ1) is 15.6. The molecule has 7 nitrogen and oxygen atoms in total. The lowest BCUT2D eigenvalue weighted by atomic mass is 9.84. The number of primary amides is 1. The van der Waals surface area contributed by atoms with Crippen molar-refractivity contribution in [2.45, 2.75) is 25.4 Å². The highest BCUT2D eigenvalue weighted by Crippen LogP contribution is 2.33. The fraction of sp³-hybridized carbons (Fsp3) is 0.562. The summed E-state index contributed by atoms with van der Waals surface area (Å²) in [5.41, 5.74) is 6.34. The van der Waals surface area contributed by atoms with Gasteiger partial charge in [0.1, 0.15) is 11.8 Å². The third-order valence-electron chi connectivity index (χ3n) is 4.84. The highest BCUT2D eigenvalue weighted by molar-refractivity contribution is 5.94. The van der Waals surface area contributed by atoms with E-state index in [1.165, 1.54) is 0 Å². The second-order valence-electron chi connectivity index (χ2n) is 6.18. The minimum atomic E-state index is -0.289. The zero-order chi connectivity index (χ0) is 16.4. The summed E-state index contributed by atoms with van der Waals surface area (Å²) in [7, 11) is 0. The van der Waals surface area contributed by atoms with E-state index in [2.05, 4.69) is 4.98 Å². The Bertz CT molecular complexity index is 640. The Morgan fingerprint density at radius 3 is 2.70 bits per heavy atom. The first-order chi connectivity index (χ1) is 11.1. The molecule has 7 heteroatoms. The molecule has 3 N–H and O–H groups in total. The number of likely N-dealkylation sites (tertiary alicyclic amines) is 1. The van der Waals surface area contributed by atoms with Crippen LogP contribution in [0.5, 0.6) is 0 Å². The van der Waals surface area contributed by atoms with Crippen LogP contribution in [0.1, 0.15) is 35.3 Å². The number of aromatic nitrogens is 1. The Labute approximate surface area is 134 Å². The van der Waals surface area contributed by atoms with Gasteiger partial charge in [-0.05, 0) is 31.2 Å². The van der Waals surface area contributed by atoms with Crippen LogP contribution in [0.3, 0.4) is 0 Å². The molecule has 0 spiro atoms. The van der Waals surface area contributed by atoms with Crippen molar-refractivity contribution in [1.29, 1.82) is 5.26 Å². The molecule has 1 aromatic heterocycles. The lowest BCUT2D eigenvalue weighted by molar-refractivity contribution is -0.124. The standard InChI is InChI=1S/C16H20N4O3/c17-8-12-7-11(9-19-12)16(22)20-4-1-10(2-5-20)14-13(15(18)21)3-6-23-14/h7,9-10,13-14,19H,1-6H2,(H2,18,21)/t13-,14+/m1/s1. The number of carbonyl (C=O) groups is 2. The molecular formula is C16H20N4O3. The Hall–Kier alpha value is -2.33. The van der Waals surface area contributed by atoms with Crippen molar-refractivity contribution in [3.8, 4) is 6.07 Å². The number of aromatic amines is 1. The van der Waals surface area contributed by atoms with Gasteiger partial charge in [0.15, 0.2) is 0 Å². The number of nitrogens with two attached hydrogens (primary N) is 1. The number of nitriles is 1. The molecule has 122 valence electrons. The molecule has 3 rings (SSSR count). The predicted octanol–water partition coefficient (Wildman–Crippen LogP) is 0.629. The van der Waals surface area contributed by atoms with Crippen LogP contribution in [-0.2, 0) is 9.53 Å². The van der Waals surface area contributed by atoms with Gasteiger partial charge in [0.05, 0.1) is 17.6 Å². The Morgan fingerprint density at radius 2 is 2.09 bits per heavy atom. The van der Waals surface area contributed by atoms with E-state index in [1.807, 2.05) is 6.07 Å². The van der Waals surface area contributed by atoms with E-state index in [9.17, 15) is 9.59 Å². The van der Waals surface area contributed by atoms with E-state index < -0.39 is 0 Å². The van der Waals surface area contributed by atoms with Gasteiger partial charge in [-0.1, -0.05) is 0 Å². The van der Waals surface area contributed by atoms with Gasteiger partial charge in [0, 0.05) is 25.9 Å². The monoisotopic (exact) mass is 316 g/mol. The van der Waals surface area contributed by atoms with Crippen LogP contribution in [-0.4, -0.2) is 47.5 Å². The van der Waals surface area contributed by atoms with E-state index in [-0.39, 0.29) is 29.8 Å². The van der Waals surface area contributed by atoms with Crippen molar-refractivity contribution < 1.29 is 14.3 Å². The Morgan fingerprint density at radius 1 is 1.35 bits per heavy atom. The molecule has 2 atom stereocenters. The number of nitrogens with zero attached hydrogens (tertiary/aromatic N) is 2. The third kappa shape index (κ3) is 3.08. The van der Waals surface area contributed by atoms with Gasteiger partial charge >= 0.3 is 0 Å². The predicted molar refractivity (Wildman–Crippen MR) is 81.2 cm³/mol. The molecule has 2 aliphatic heterocycles. The summed E-state index contributed by atoms with van der Waals surface area (Å²) in [5, 5.41) is 8.81. The number of hydrogen-bond acceptors (Lipinski definition) is 4. The maximum atomic E-state index is 12.4. The van der Waals surface area contributed by atoms with Crippen LogP contribution in [0.25, 0.3) is 0 Å². The van der Waals surface area contributed by atoms with Crippen molar-refractivity contribution in [2.75, 3.05) is 19.7 Å². The van der Waals surface area contributed by atoms with Gasteiger partial charge in [-0.2, -0.15) is 5.26 Å². The van der Waals surface area contributed by atoms with Crippen molar-refractivity contribution in [1.82, 2.24) is 9.88 Å². The summed E-state index contributed by atoms with van der Waals surface area (Å²) in [5.74, 6) is -0.299. The minimum Gasteiger partial charge on any atom is -0.377 e. The van der Waals surface area contributed by atoms with Crippen LogP contribution in [0, 0.1) is 23.2 Å². The van der Waals surface area contributed by atoms with E-state index in [0.717, 1.165) is 12.8 Å². The summed E-state index contributed by atoms with van der Waals surface area (Å²) < 4.78 is 5.72. The quantitative estimate of drug-likeness (QED) is 0.851. The van der Waals surface area contributed by atoms with Crippen LogP contribution >= 0.6 is 0 Å². The fourth-order valence-corrected chi connectivity index (χ4v) is 3.58. The third-order valence-corrected chi connectivity index (χ3v) is 4.84. The smallest absolute Gasteiger partial charge is 0.255 e. The van der Waals surface area contributed by atoms with Crippen LogP contribution in [0.4, 0.5) is 0 Å². The van der Waals surface area contributed by atoms with Crippen LogP contribution < -0.4 is 5.73 Å². The number of ether oxygens (including phenoxy) is 1. The second kappa shape index (κ2) is 6.42. The van der Waals surface area contributed by atoms with Crippen molar-refractivity contribution in [3.05, 3.63) is 23.5 Å². The lowest BCUT2D eigenvalue weighted by Crippen LogP contribution is -2.44. The van der Waals surface area contributed by atoms with Gasteiger partial charge < -0.3 is 20.4 Å². The van der Waals surface area contributed by atoms with Gasteiger partial charge in [0.25, 0.3) is 5.91 Å². The zero-order valence-electron chi connectivity index (χ0n) is 12.8. The Balaban J connectivity index is 1.59. The average molecular weight is 316 g/mol. The van der Waals surface area contributed by atoms with Crippen molar-refractivity contribution in [2.24, 2.45) is 17.6 Å². The molecule has 0 unspecified atom stereocenters. The fourth-order valence-electron chi connectivity index (χ4n) is 3.58. The highest BCUT2D eigenvalue weighted by Gasteiger charge is 2.39. The number of hydrogen-bond donors (Lipinski definition) is 2. The number of piperidine rings is 1. The number of nitrogens with one attached hydrogen (secondary N) is 1. The maximum absolute atomic E-state index is 12.4. The molecule has 1 aromatic rings. The van der Waals surface area contributed by atoms with Crippen LogP contribution in [0.15, 0.2) is 12.3 Å². The summed E-state index contributed by atoms with van der Waals surface area (Å²) in [6, 6.07) is 3.55. The number of carbonyl (C=O) groups excluding carboxylic acids is 2. The second-order valence-corrected chi connectivity index (χ2v) is 6.18. The van der Waals surface area contributed by atoms with E-state index in [0.29, 0.717) is 37.4 Å². The minimum absolute atomic E-state index is 0.0695. The largest absolute Gasteiger partial charge is 0.377 e. The summed E-state index contributed by atoms with van der Waals surface area (Å²) in [6.45, 7) is 1.83. The highest BCUT2D eigenvalue weighted by atomic mass is 16.5. The lowest BCUT2D eigenvalue weighted by Gasteiger charge is -2.35. The molecule has 0 aliphatic carbocycles. The van der Waals surface area contributed by atoms with E-state index in [4.69, 9.17) is 15.7 Å². The van der Waals surface area contributed by atoms with Gasteiger partial charge in [-0.25, -0.2) is 0 Å². The number of amides is 2. The number of rotatable bonds is 3. The maximum Gasteiger partial charge on any atom is 0.255 e. The summed E-state index contributed by atoms with van der Waals surface area (Å²) in [6.07, 6.45) is 3.75. The average Bonchev–Trinajstić information content (AvgIpc) is 3.23. The van der Waals surface area contributed by atoms with Crippen molar-refractivity contribution >= 4 is 11.8 Å².